The lowest BCUT2D eigenvalue weighted by Gasteiger charge is -2.09. The van der Waals surface area contributed by atoms with Crippen molar-refractivity contribution in [2.24, 2.45) is 0 Å². The molecule has 0 saturated carbocycles. The molecule has 0 aliphatic heterocycles. The molecule has 2 aromatic rings. The molecule has 0 amide bonds. The lowest BCUT2D eigenvalue weighted by Crippen LogP contribution is -2.15. The minimum absolute atomic E-state index is 0.0447. The molecule has 2 rings (SSSR count). The van der Waals surface area contributed by atoms with Gasteiger partial charge in [0.25, 0.3) is 0 Å². The molecule has 0 aliphatic rings. The average Bonchev–Trinajstić information content (AvgIpc) is 2.49. The van der Waals surface area contributed by atoms with Crippen LogP contribution in [0, 0.1) is 0 Å². The van der Waals surface area contributed by atoms with Gasteiger partial charge >= 0.3 is 5.97 Å². The first kappa shape index (κ1) is 15.2. The molecule has 0 heterocycles. The Morgan fingerprint density at radius 3 is 2.14 bits per heavy atom. The molecule has 21 heavy (non-hydrogen) atoms. The third-order valence-electron chi connectivity index (χ3n) is 3.31. The maximum absolute atomic E-state index is 10.8. The van der Waals surface area contributed by atoms with Crippen LogP contribution in [-0.4, -0.2) is 16.2 Å². The smallest absolute Gasteiger partial charge is 0.307 e. The number of carboxylic acid groups (broad SMARTS) is 1. The molecule has 0 aliphatic carbocycles. The van der Waals surface area contributed by atoms with E-state index in [4.69, 9.17) is 10.2 Å². The van der Waals surface area contributed by atoms with Crippen LogP contribution in [0.3, 0.4) is 0 Å². The Bertz CT molecular complexity index is 593. The number of nitrogens with one attached hydrogen (secondary N) is 1. The number of carboxylic acids is 1. The van der Waals surface area contributed by atoms with Crippen LogP contribution in [-0.2, 0) is 30.9 Å². The summed E-state index contributed by atoms with van der Waals surface area (Å²) in [4.78, 5) is 10.8. The monoisotopic (exact) mass is 285 g/mol. The van der Waals surface area contributed by atoms with E-state index in [1.165, 1.54) is 0 Å². The molecule has 4 nitrogen and oxygen atoms in total. The summed E-state index contributed by atoms with van der Waals surface area (Å²) in [6.45, 7) is 1.38. The van der Waals surface area contributed by atoms with Gasteiger partial charge in [0, 0.05) is 13.1 Å². The molecule has 0 radical (unpaired) electrons. The molecule has 0 aromatic heterocycles. The zero-order valence-electron chi connectivity index (χ0n) is 11.7. The molecule has 0 atom stereocenters. The first-order valence-electron chi connectivity index (χ1n) is 6.87. The van der Waals surface area contributed by atoms with E-state index in [0.717, 1.165) is 22.3 Å². The van der Waals surface area contributed by atoms with Gasteiger partial charge < -0.3 is 15.5 Å². The van der Waals surface area contributed by atoms with E-state index in [9.17, 15) is 4.79 Å². The van der Waals surface area contributed by atoms with E-state index >= 15 is 0 Å². The molecule has 0 saturated heterocycles. The van der Waals surface area contributed by atoms with E-state index in [1.807, 2.05) is 48.5 Å². The zero-order chi connectivity index (χ0) is 15.1. The quantitative estimate of drug-likeness (QED) is 0.728. The van der Waals surface area contributed by atoms with E-state index in [2.05, 4.69) is 5.32 Å². The Hall–Kier alpha value is -2.17. The van der Waals surface area contributed by atoms with Crippen molar-refractivity contribution >= 4 is 5.97 Å². The molecular weight excluding hydrogens is 266 g/mol. The Labute approximate surface area is 124 Å². The van der Waals surface area contributed by atoms with Gasteiger partial charge in [-0.25, -0.2) is 0 Å². The number of hydrogen-bond acceptors (Lipinski definition) is 3. The second-order valence-electron chi connectivity index (χ2n) is 4.92. The highest BCUT2D eigenvalue weighted by atomic mass is 16.4. The van der Waals surface area contributed by atoms with Crippen molar-refractivity contribution in [3.05, 3.63) is 70.8 Å². The fourth-order valence-corrected chi connectivity index (χ4v) is 2.17. The fourth-order valence-electron chi connectivity index (χ4n) is 2.17. The topological polar surface area (TPSA) is 69.6 Å². The maximum Gasteiger partial charge on any atom is 0.307 e. The van der Waals surface area contributed by atoms with Crippen molar-refractivity contribution in [2.45, 2.75) is 26.1 Å². The number of aliphatic hydroxyl groups excluding tert-OH is 1. The van der Waals surface area contributed by atoms with Crippen LogP contribution in [0.25, 0.3) is 0 Å². The summed E-state index contributed by atoms with van der Waals surface area (Å²) in [5.74, 6) is -0.818. The number of carbonyl (C=O) groups is 1. The third-order valence-corrected chi connectivity index (χ3v) is 3.31. The van der Waals surface area contributed by atoms with Gasteiger partial charge in [0.15, 0.2) is 0 Å². The molecular formula is C17H19NO3. The van der Waals surface area contributed by atoms with Crippen molar-refractivity contribution in [3.63, 3.8) is 0 Å². The summed E-state index contributed by atoms with van der Waals surface area (Å²) >= 11 is 0. The number of rotatable bonds is 7. The molecule has 0 fully saturated rings. The predicted molar refractivity (Wildman–Crippen MR) is 80.7 cm³/mol. The Morgan fingerprint density at radius 2 is 1.52 bits per heavy atom. The first-order valence-corrected chi connectivity index (χ1v) is 6.87. The van der Waals surface area contributed by atoms with Crippen molar-refractivity contribution < 1.29 is 15.0 Å². The highest BCUT2D eigenvalue weighted by Gasteiger charge is 2.05. The van der Waals surface area contributed by atoms with E-state index in [0.29, 0.717) is 13.1 Å². The molecule has 0 bridgehead atoms. The summed E-state index contributed by atoms with van der Waals surface area (Å²) < 4.78 is 0. The molecule has 0 unspecified atom stereocenters. The summed E-state index contributed by atoms with van der Waals surface area (Å²) in [5.41, 5.74) is 3.87. The fraction of sp³-hybridized carbons (Fsp3) is 0.235. The highest BCUT2D eigenvalue weighted by molar-refractivity contribution is 5.70. The number of benzene rings is 2. The summed E-state index contributed by atoms with van der Waals surface area (Å²) in [6.07, 6.45) is 0.0447. The van der Waals surface area contributed by atoms with Crippen LogP contribution in [0.2, 0.25) is 0 Å². The second-order valence-corrected chi connectivity index (χ2v) is 4.92. The van der Waals surface area contributed by atoms with Crippen molar-refractivity contribution in [1.82, 2.24) is 5.32 Å². The van der Waals surface area contributed by atoms with Gasteiger partial charge in [-0.1, -0.05) is 48.5 Å². The van der Waals surface area contributed by atoms with Crippen molar-refractivity contribution in [3.8, 4) is 0 Å². The van der Waals surface area contributed by atoms with E-state index in [-0.39, 0.29) is 13.0 Å². The summed E-state index contributed by atoms with van der Waals surface area (Å²) in [7, 11) is 0. The first-order chi connectivity index (χ1) is 10.2. The minimum Gasteiger partial charge on any atom is -0.481 e. The largest absolute Gasteiger partial charge is 0.481 e. The van der Waals surface area contributed by atoms with Gasteiger partial charge in [0.05, 0.1) is 13.0 Å². The number of aliphatic hydroxyl groups is 1. The van der Waals surface area contributed by atoms with Gasteiger partial charge in [-0.05, 0) is 22.3 Å². The van der Waals surface area contributed by atoms with Crippen LogP contribution in [0.5, 0.6) is 0 Å². The van der Waals surface area contributed by atoms with Crippen LogP contribution in [0.15, 0.2) is 48.5 Å². The Morgan fingerprint density at radius 1 is 0.905 bits per heavy atom. The lowest BCUT2D eigenvalue weighted by atomic mass is 10.0. The van der Waals surface area contributed by atoms with Gasteiger partial charge in [0.1, 0.15) is 0 Å². The Balaban J connectivity index is 1.92. The average molecular weight is 285 g/mol. The van der Waals surface area contributed by atoms with E-state index < -0.39 is 5.97 Å². The third kappa shape index (κ3) is 4.70. The summed E-state index contributed by atoms with van der Waals surface area (Å²) in [5, 5.41) is 21.2. The number of hydrogen-bond donors (Lipinski definition) is 3. The van der Waals surface area contributed by atoms with Crippen molar-refractivity contribution in [2.75, 3.05) is 0 Å². The van der Waals surface area contributed by atoms with E-state index in [1.54, 1.807) is 0 Å². The normalized spacial score (nSPS) is 10.5. The molecule has 2 aromatic carbocycles. The minimum atomic E-state index is -0.818. The second kappa shape index (κ2) is 7.57. The Kier molecular flexibility index (Phi) is 5.49. The van der Waals surface area contributed by atoms with Crippen LogP contribution in [0.1, 0.15) is 22.3 Å². The van der Waals surface area contributed by atoms with Crippen LogP contribution < -0.4 is 5.32 Å². The zero-order valence-corrected chi connectivity index (χ0v) is 11.7. The lowest BCUT2D eigenvalue weighted by molar-refractivity contribution is -0.136. The van der Waals surface area contributed by atoms with Gasteiger partial charge in [-0.2, -0.15) is 0 Å². The van der Waals surface area contributed by atoms with Gasteiger partial charge in [-0.3, -0.25) is 4.79 Å². The molecule has 0 spiro atoms. The van der Waals surface area contributed by atoms with Crippen molar-refractivity contribution in [1.29, 1.82) is 0 Å². The maximum atomic E-state index is 10.8. The predicted octanol–water partition coefficient (Wildman–Crippen LogP) is 2.10. The molecule has 4 heteroatoms. The van der Waals surface area contributed by atoms with Crippen LogP contribution in [0.4, 0.5) is 0 Å². The standard InChI is InChI=1S/C17H19NO3/c19-12-14-7-5-13(6-8-14)10-18-11-16-4-2-1-3-15(16)9-17(20)21/h1-8,18-19H,9-12H2,(H,20,21). The SMILES string of the molecule is O=C(O)Cc1ccccc1CNCc1ccc(CO)cc1. The molecule has 3 N–H and O–H groups in total. The van der Waals surface area contributed by atoms with Gasteiger partial charge in [0.2, 0.25) is 0 Å². The highest BCUT2D eigenvalue weighted by Crippen LogP contribution is 2.10. The summed E-state index contributed by atoms with van der Waals surface area (Å²) in [6, 6.07) is 15.3. The number of aliphatic carboxylic acids is 1. The van der Waals surface area contributed by atoms with Gasteiger partial charge in [-0.15, -0.1) is 0 Å². The van der Waals surface area contributed by atoms with Crippen LogP contribution >= 0.6 is 0 Å². The molecule has 110 valence electrons.